The summed E-state index contributed by atoms with van der Waals surface area (Å²) in [6, 6.07) is 0.687. The lowest BCUT2D eigenvalue weighted by molar-refractivity contribution is 0.0531. The molecule has 2 unspecified atom stereocenters. The van der Waals surface area contributed by atoms with E-state index in [9.17, 15) is 4.79 Å². The van der Waals surface area contributed by atoms with E-state index in [0.29, 0.717) is 11.5 Å². The third-order valence-corrected chi connectivity index (χ3v) is 6.73. The molecule has 0 radical (unpaired) electrons. The van der Waals surface area contributed by atoms with Crippen molar-refractivity contribution in [2.24, 2.45) is 4.99 Å². The number of aliphatic imine (C=N–C) groups is 1. The van der Waals surface area contributed by atoms with Crippen molar-refractivity contribution in [3.05, 3.63) is 15.6 Å². The maximum Gasteiger partial charge on any atom is 0.350 e. The molecule has 0 amide bonds. The number of nitrogens with one attached hydrogen (secondary N) is 2. The molecule has 1 aromatic rings. The molecule has 178 valence electrons. The number of aryl methyl sites for hydroxylation is 1. The Hall–Kier alpha value is -0.940. The van der Waals surface area contributed by atoms with E-state index in [1.165, 1.54) is 50.1 Å². The van der Waals surface area contributed by atoms with Gasteiger partial charge in [0.15, 0.2) is 5.96 Å². The first kappa shape index (κ1) is 28.1. The normalized spacial score (nSPS) is 18.2. The first-order valence-corrected chi connectivity index (χ1v) is 12.2. The van der Waals surface area contributed by atoms with Crippen LogP contribution in [0, 0.1) is 6.92 Å². The zero-order valence-corrected chi connectivity index (χ0v) is 22.8. The molecule has 1 aliphatic rings. The van der Waals surface area contributed by atoms with Crippen molar-refractivity contribution in [1.82, 2.24) is 20.5 Å². The van der Waals surface area contributed by atoms with Crippen LogP contribution in [-0.2, 0) is 4.74 Å². The maximum absolute atomic E-state index is 12.1. The Balaban J connectivity index is 0.00000480. The first-order chi connectivity index (χ1) is 14.5. The number of rotatable bonds is 10. The molecule has 2 N–H and O–H groups in total. The van der Waals surface area contributed by atoms with Gasteiger partial charge in [0, 0.05) is 19.1 Å². The van der Waals surface area contributed by atoms with E-state index in [4.69, 9.17) is 9.73 Å². The number of likely N-dealkylation sites (tertiary alicyclic amines) is 1. The van der Waals surface area contributed by atoms with Crippen LogP contribution in [0.3, 0.4) is 0 Å². The minimum atomic E-state index is -0.297. The minimum absolute atomic E-state index is 0. The van der Waals surface area contributed by atoms with Crippen molar-refractivity contribution in [2.75, 3.05) is 32.8 Å². The molecule has 0 saturated carbocycles. The standard InChI is InChI=1S/C22H39N5O2S.HI/c1-6-23-22(24-13-9-11-15-27-14-10-8-12-16(27)3)26-18(5)20-25-17(4)19(30-20)21(28)29-7-2;/h16,18H,6-15H2,1-5H3,(H2,23,24,26);1H. The van der Waals surface area contributed by atoms with E-state index in [1.807, 2.05) is 20.8 Å². The zero-order chi connectivity index (χ0) is 21.9. The summed E-state index contributed by atoms with van der Waals surface area (Å²) < 4.78 is 5.12. The van der Waals surface area contributed by atoms with Gasteiger partial charge in [0.2, 0.25) is 0 Å². The van der Waals surface area contributed by atoms with Crippen molar-refractivity contribution in [3.8, 4) is 0 Å². The van der Waals surface area contributed by atoms with E-state index in [1.54, 1.807) is 0 Å². The zero-order valence-electron chi connectivity index (χ0n) is 19.7. The van der Waals surface area contributed by atoms with Crippen molar-refractivity contribution in [1.29, 1.82) is 0 Å². The van der Waals surface area contributed by atoms with Crippen LogP contribution in [0.15, 0.2) is 4.99 Å². The van der Waals surface area contributed by atoms with E-state index < -0.39 is 0 Å². The number of aromatic nitrogens is 1. The molecule has 1 aliphatic heterocycles. The fourth-order valence-electron chi connectivity index (χ4n) is 3.68. The molecule has 1 fully saturated rings. The smallest absolute Gasteiger partial charge is 0.350 e. The largest absolute Gasteiger partial charge is 0.462 e. The molecule has 0 spiro atoms. The number of hydrogen-bond acceptors (Lipinski definition) is 6. The minimum Gasteiger partial charge on any atom is -0.462 e. The molecule has 2 rings (SSSR count). The lowest BCUT2D eigenvalue weighted by Gasteiger charge is -2.33. The van der Waals surface area contributed by atoms with Crippen LogP contribution in [0.4, 0.5) is 0 Å². The number of carbonyl (C=O) groups excluding carboxylic acids is 1. The fourth-order valence-corrected chi connectivity index (χ4v) is 4.65. The summed E-state index contributed by atoms with van der Waals surface area (Å²) in [5, 5.41) is 7.59. The highest BCUT2D eigenvalue weighted by molar-refractivity contribution is 14.0. The van der Waals surface area contributed by atoms with Gasteiger partial charge in [-0.1, -0.05) is 6.42 Å². The summed E-state index contributed by atoms with van der Waals surface area (Å²) in [5.74, 6) is 0.497. The topological polar surface area (TPSA) is 78.9 Å². The van der Waals surface area contributed by atoms with Gasteiger partial charge in [0.05, 0.1) is 18.3 Å². The van der Waals surface area contributed by atoms with Crippen molar-refractivity contribution >= 4 is 47.2 Å². The average molecular weight is 566 g/mol. The number of halogens is 1. The van der Waals surface area contributed by atoms with Crippen LogP contribution in [0.25, 0.3) is 0 Å². The van der Waals surface area contributed by atoms with Crippen LogP contribution in [0.5, 0.6) is 0 Å². The number of nitrogens with zero attached hydrogens (tertiary/aromatic N) is 3. The highest BCUT2D eigenvalue weighted by Crippen LogP contribution is 2.24. The lowest BCUT2D eigenvalue weighted by atomic mass is 10.0. The Morgan fingerprint density at radius 2 is 2.13 bits per heavy atom. The van der Waals surface area contributed by atoms with Gasteiger partial charge in [0.25, 0.3) is 0 Å². The maximum atomic E-state index is 12.1. The Bertz CT molecular complexity index is 697. The van der Waals surface area contributed by atoms with Crippen LogP contribution in [-0.4, -0.2) is 60.6 Å². The molecular weight excluding hydrogens is 525 g/mol. The number of hydrogen-bond donors (Lipinski definition) is 2. The third kappa shape index (κ3) is 9.21. The summed E-state index contributed by atoms with van der Waals surface area (Å²) in [7, 11) is 0. The number of piperidine rings is 1. The Morgan fingerprint density at radius 1 is 1.35 bits per heavy atom. The molecule has 31 heavy (non-hydrogen) atoms. The average Bonchev–Trinajstić information content (AvgIpc) is 3.11. The summed E-state index contributed by atoms with van der Waals surface area (Å²) in [5.41, 5.74) is 0.719. The molecule has 0 aromatic carbocycles. The van der Waals surface area contributed by atoms with Gasteiger partial charge < -0.3 is 20.3 Å². The molecule has 9 heteroatoms. The highest BCUT2D eigenvalue weighted by Gasteiger charge is 2.20. The van der Waals surface area contributed by atoms with E-state index >= 15 is 0 Å². The van der Waals surface area contributed by atoms with Crippen LogP contribution >= 0.6 is 35.3 Å². The van der Waals surface area contributed by atoms with E-state index in [-0.39, 0.29) is 36.0 Å². The predicted molar refractivity (Wildman–Crippen MR) is 140 cm³/mol. The van der Waals surface area contributed by atoms with Gasteiger partial charge >= 0.3 is 5.97 Å². The monoisotopic (exact) mass is 565 g/mol. The second-order valence-corrected chi connectivity index (χ2v) is 8.93. The number of esters is 1. The molecule has 2 atom stereocenters. The number of guanidine groups is 1. The van der Waals surface area contributed by atoms with Gasteiger partial charge in [0.1, 0.15) is 9.88 Å². The van der Waals surface area contributed by atoms with Gasteiger partial charge in [-0.05, 0) is 73.4 Å². The molecule has 0 aliphatic carbocycles. The Labute approximate surface area is 208 Å². The quantitative estimate of drug-likeness (QED) is 0.143. The third-order valence-electron chi connectivity index (χ3n) is 5.41. The first-order valence-electron chi connectivity index (χ1n) is 11.4. The molecule has 7 nitrogen and oxygen atoms in total. The summed E-state index contributed by atoms with van der Waals surface area (Å²) >= 11 is 1.39. The van der Waals surface area contributed by atoms with Crippen LogP contribution < -0.4 is 10.6 Å². The summed E-state index contributed by atoms with van der Waals surface area (Å²) in [4.78, 5) is 24.5. The predicted octanol–water partition coefficient (Wildman–Crippen LogP) is 4.52. The second-order valence-electron chi connectivity index (χ2n) is 7.90. The molecule has 1 aromatic heterocycles. The number of thiazole rings is 1. The Kier molecular flexibility index (Phi) is 13.6. The van der Waals surface area contributed by atoms with Crippen LogP contribution in [0.1, 0.15) is 86.2 Å². The number of ether oxygens (including phenoxy) is 1. The summed E-state index contributed by atoms with van der Waals surface area (Å²) in [6.07, 6.45) is 6.30. The van der Waals surface area contributed by atoms with E-state index in [0.717, 1.165) is 42.2 Å². The van der Waals surface area contributed by atoms with Crippen molar-refractivity contribution in [3.63, 3.8) is 0 Å². The van der Waals surface area contributed by atoms with E-state index in [2.05, 4.69) is 34.4 Å². The molecular formula is C22H40IN5O2S. The van der Waals surface area contributed by atoms with Gasteiger partial charge in [-0.3, -0.25) is 4.99 Å². The van der Waals surface area contributed by atoms with Gasteiger partial charge in [-0.2, -0.15) is 0 Å². The number of unbranched alkanes of at least 4 members (excludes halogenated alkanes) is 1. The van der Waals surface area contributed by atoms with Gasteiger partial charge in [-0.15, -0.1) is 35.3 Å². The van der Waals surface area contributed by atoms with Crippen molar-refractivity contribution in [2.45, 2.75) is 78.8 Å². The SMILES string of the molecule is CCNC(=NCCCCN1CCCCC1C)NC(C)c1nc(C)c(C(=O)OCC)s1.I. The summed E-state index contributed by atoms with van der Waals surface area (Å²) in [6.45, 7) is 14.5. The molecule has 0 bridgehead atoms. The lowest BCUT2D eigenvalue weighted by Crippen LogP contribution is -2.39. The van der Waals surface area contributed by atoms with Gasteiger partial charge in [-0.25, -0.2) is 9.78 Å². The highest BCUT2D eigenvalue weighted by atomic mass is 127. The molecule has 2 heterocycles. The van der Waals surface area contributed by atoms with Crippen LogP contribution in [0.2, 0.25) is 0 Å². The number of carbonyl (C=O) groups is 1. The molecule has 1 saturated heterocycles. The fraction of sp³-hybridized carbons (Fsp3) is 0.773. The Morgan fingerprint density at radius 3 is 2.81 bits per heavy atom. The second kappa shape index (κ2) is 15.0. The van der Waals surface area contributed by atoms with Crippen molar-refractivity contribution < 1.29 is 9.53 Å².